The normalized spacial score (nSPS) is 34.0. The Morgan fingerprint density at radius 3 is 1.60 bits per heavy atom. The molecule has 0 radical (unpaired) electrons. The zero-order valence-corrected chi connectivity index (χ0v) is 8.83. The van der Waals surface area contributed by atoms with Gasteiger partial charge in [0.1, 0.15) is 24.4 Å². The molecule has 15 heavy (non-hydrogen) atoms. The first-order valence-electron chi connectivity index (χ1n) is 4.85. The Morgan fingerprint density at radius 1 is 1.00 bits per heavy atom. The van der Waals surface area contributed by atoms with Crippen LogP contribution in [0.3, 0.4) is 0 Å². The van der Waals surface area contributed by atoms with E-state index in [2.05, 4.69) is 0 Å². The van der Waals surface area contributed by atoms with Crippen molar-refractivity contribution >= 4 is 0 Å². The van der Waals surface area contributed by atoms with E-state index >= 15 is 0 Å². The molecule has 90 valence electrons. The first kappa shape index (κ1) is 12.8. The molecule has 4 atom stereocenters. The highest BCUT2D eigenvalue weighted by Crippen LogP contribution is 2.31. The minimum atomic E-state index is -1.14. The number of hydrogen-bond donors (Lipinski definition) is 4. The fraction of sp³-hybridized carbons (Fsp3) is 1.00. The van der Waals surface area contributed by atoms with Crippen LogP contribution in [0.25, 0.3) is 0 Å². The number of hydrogen-bond acceptors (Lipinski definition) is 6. The minimum Gasteiger partial charge on any atom is -0.394 e. The van der Waals surface area contributed by atoms with Gasteiger partial charge in [-0.2, -0.15) is 0 Å². The van der Waals surface area contributed by atoms with Crippen molar-refractivity contribution in [3.05, 3.63) is 0 Å². The maximum Gasteiger partial charge on any atom is 0.164 e. The zero-order chi connectivity index (χ0) is 11.6. The molecule has 1 fully saturated rings. The van der Waals surface area contributed by atoms with Gasteiger partial charge in [-0.3, -0.25) is 0 Å². The molecule has 4 N–H and O–H groups in total. The van der Waals surface area contributed by atoms with Crippen LogP contribution in [0.4, 0.5) is 0 Å². The van der Waals surface area contributed by atoms with Crippen LogP contribution in [-0.2, 0) is 9.47 Å². The third-order valence-corrected chi connectivity index (χ3v) is 2.30. The fourth-order valence-corrected chi connectivity index (χ4v) is 1.62. The van der Waals surface area contributed by atoms with Crippen molar-refractivity contribution in [2.45, 2.75) is 44.1 Å². The van der Waals surface area contributed by atoms with Gasteiger partial charge in [0.25, 0.3) is 0 Å². The highest BCUT2D eigenvalue weighted by molar-refractivity contribution is 4.90. The quantitative estimate of drug-likeness (QED) is 0.448. The monoisotopic (exact) mass is 222 g/mol. The maximum atomic E-state index is 9.46. The summed E-state index contributed by atoms with van der Waals surface area (Å²) < 4.78 is 10.7. The maximum absolute atomic E-state index is 9.46. The molecule has 0 bridgehead atoms. The Balaban J connectivity index is 2.74. The van der Waals surface area contributed by atoms with Gasteiger partial charge in [-0.1, -0.05) is 0 Å². The van der Waals surface area contributed by atoms with Crippen LogP contribution in [0.15, 0.2) is 0 Å². The minimum absolute atomic E-state index is 0.487. The summed E-state index contributed by atoms with van der Waals surface area (Å²) in [6.07, 6.45) is -3.96. The van der Waals surface area contributed by atoms with Crippen LogP contribution in [0.5, 0.6) is 0 Å². The van der Waals surface area contributed by atoms with E-state index in [0.29, 0.717) is 0 Å². The molecule has 0 spiro atoms. The van der Waals surface area contributed by atoms with Gasteiger partial charge in [-0.25, -0.2) is 0 Å². The Labute approximate surface area is 88.1 Å². The Morgan fingerprint density at radius 2 is 1.33 bits per heavy atom. The molecular weight excluding hydrogens is 204 g/mol. The van der Waals surface area contributed by atoms with Crippen molar-refractivity contribution in [2.75, 3.05) is 13.2 Å². The average molecular weight is 222 g/mol. The molecule has 6 heteroatoms. The lowest BCUT2D eigenvalue weighted by atomic mass is 10.0. The molecule has 1 saturated heterocycles. The van der Waals surface area contributed by atoms with E-state index in [1.807, 2.05) is 0 Å². The summed E-state index contributed by atoms with van der Waals surface area (Å²) in [5.74, 6) is -0.943. The third-order valence-electron chi connectivity index (χ3n) is 2.30. The van der Waals surface area contributed by atoms with Crippen LogP contribution >= 0.6 is 0 Å². The lowest BCUT2D eigenvalue weighted by molar-refractivity contribution is -0.163. The largest absolute Gasteiger partial charge is 0.394 e. The highest BCUT2D eigenvalue weighted by Gasteiger charge is 2.47. The van der Waals surface area contributed by atoms with Gasteiger partial charge in [-0.15, -0.1) is 0 Å². The Kier molecular flexibility index (Phi) is 4.05. The van der Waals surface area contributed by atoms with E-state index in [1.54, 1.807) is 13.8 Å². The van der Waals surface area contributed by atoms with Crippen molar-refractivity contribution in [2.24, 2.45) is 0 Å². The molecule has 0 aromatic carbocycles. The summed E-state index contributed by atoms with van der Waals surface area (Å²) in [7, 11) is 0. The van der Waals surface area contributed by atoms with E-state index < -0.39 is 43.4 Å². The molecule has 0 amide bonds. The number of rotatable bonds is 4. The van der Waals surface area contributed by atoms with Crippen LogP contribution < -0.4 is 0 Å². The lowest BCUT2D eigenvalue weighted by Gasteiger charge is -2.23. The Hall–Kier alpha value is -0.240. The lowest BCUT2D eigenvalue weighted by Crippen LogP contribution is -2.45. The van der Waals surface area contributed by atoms with Gasteiger partial charge in [0.2, 0.25) is 0 Å². The van der Waals surface area contributed by atoms with Crippen molar-refractivity contribution in [1.82, 2.24) is 0 Å². The van der Waals surface area contributed by atoms with E-state index in [9.17, 15) is 10.2 Å². The molecule has 0 aromatic heterocycles. The second kappa shape index (κ2) is 4.73. The van der Waals surface area contributed by atoms with E-state index in [0.717, 1.165) is 0 Å². The van der Waals surface area contributed by atoms with Crippen molar-refractivity contribution in [3.8, 4) is 0 Å². The van der Waals surface area contributed by atoms with Crippen molar-refractivity contribution < 1.29 is 29.9 Å². The van der Waals surface area contributed by atoms with Crippen molar-refractivity contribution in [3.63, 3.8) is 0 Å². The SMILES string of the molecule is CC1(C)O[C@H](C(O)CO)[C@@H](C(O)CO)O1. The van der Waals surface area contributed by atoms with Crippen molar-refractivity contribution in [1.29, 1.82) is 0 Å². The summed E-state index contributed by atoms with van der Waals surface area (Å²) in [5, 5.41) is 36.5. The van der Waals surface area contributed by atoms with Gasteiger partial charge in [0.15, 0.2) is 5.79 Å². The van der Waals surface area contributed by atoms with Crippen LogP contribution in [-0.4, -0.2) is 63.8 Å². The molecule has 1 heterocycles. The molecule has 6 nitrogen and oxygen atoms in total. The smallest absolute Gasteiger partial charge is 0.164 e. The highest BCUT2D eigenvalue weighted by atomic mass is 16.8. The van der Waals surface area contributed by atoms with Crippen LogP contribution in [0, 0.1) is 0 Å². The number of ether oxygens (including phenoxy) is 2. The number of aliphatic hydroxyl groups is 4. The van der Waals surface area contributed by atoms with Gasteiger partial charge >= 0.3 is 0 Å². The summed E-state index contributed by atoms with van der Waals surface area (Å²) in [5.41, 5.74) is 0. The second-order valence-electron chi connectivity index (χ2n) is 4.06. The summed E-state index contributed by atoms with van der Waals surface area (Å²) in [6, 6.07) is 0. The zero-order valence-electron chi connectivity index (χ0n) is 8.83. The molecule has 1 aliphatic rings. The molecular formula is C9H18O6. The average Bonchev–Trinajstić information content (AvgIpc) is 2.52. The molecule has 1 rings (SSSR count). The third kappa shape index (κ3) is 2.87. The molecule has 0 saturated carbocycles. The molecule has 0 aromatic rings. The summed E-state index contributed by atoms with van der Waals surface area (Å²) in [4.78, 5) is 0. The van der Waals surface area contributed by atoms with Crippen LogP contribution in [0.2, 0.25) is 0 Å². The van der Waals surface area contributed by atoms with Gasteiger partial charge in [0, 0.05) is 0 Å². The van der Waals surface area contributed by atoms with E-state index in [4.69, 9.17) is 19.7 Å². The van der Waals surface area contributed by atoms with Gasteiger partial charge in [0.05, 0.1) is 13.2 Å². The van der Waals surface area contributed by atoms with Gasteiger partial charge in [-0.05, 0) is 13.8 Å². The topological polar surface area (TPSA) is 99.4 Å². The van der Waals surface area contributed by atoms with E-state index in [1.165, 1.54) is 0 Å². The first-order chi connectivity index (χ1) is 6.91. The standard InChI is InChI=1S/C9H18O6/c1-9(2)14-7(5(12)3-10)8(15-9)6(13)4-11/h5-8,10-13H,3-4H2,1-2H3/t5?,6?,7-,8-/m1/s1. The molecule has 2 unspecified atom stereocenters. The summed E-state index contributed by atoms with van der Waals surface area (Å²) >= 11 is 0. The second-order valence-corrected chi connectivity index (χ2v) is 4.06. The predicted octanol–water partition coefficient (Wildman–Crippen LogP) is -1.79. The first-order valence-corrected chi connectivity index (χ1v) is 4.85. The summed E-state index contributed by atoms with van der Waals surface area (Å²) in [6.45, 7) is 2.29. The van der Waals surface area contributed by atoms with Gasteiger partial charge < -0.3 is 29.9 Å². The fourth-order valence-electron chi connectivity index (χ4n) is 1.62. The molecule has 0 aliphatic carbocycles. The number of aliphatic hydroxyl groups excluding tert-OH is 4. The Bertz CT molecular complexity index is 187. The van der Waals surface area contributed by atoms with E-state index in [-0.39, 0.29) is 0 Å². The molecule has 1 aliphatic heterocycles. The van der Waals surface area contributed by atoms with Crippen LogP contribution in [0.1, 0.15) is 13.8 Å². The predicted molar refractivity (Wildman–Crippen MR) is 50.0 cm³/mol.